The number of hydrogen-bond donors (Lipinski definition) is 0. The Labute approximate surface area is 216 Å². The summed E-state index contributed by atoms with van der Waals surface area (Å²) in [4.78, 5) is 5.82. The Balaban J connectivity index is 1.47. The molecule has 0 spiro atoms. The molecule has 0 aliphatic rings. The van der Waals surface area contributed by atoms with E-state index in [0.29, 0.717) is 11.3 Å². The first-order valence-corrected chi connectivity index (χ1v) is 11.8. The van der Waals surface area contributed by atoms with Crippen LogP contribution in [0.2, 0.25) is 0 Å². The highest BCUT2D eigenvalue weighted by atomic mass is 16.5. The van der Waals surface area contributed by atoms with Crippen molar-refractivity contribution in [3.05, 3.63) is 137 Å². The summed E-state index contributed by atoms with van der Waals surface area (Å²) in [6.45, 7) is 7.47. The lowest BCUT2D eigenvalue weighted by molar-refractivity contribution is 0.415. The van der Waals surface area contributed by atoms with Crippen LogP contribution in [-0.2, 0) is 0 Å². The van der Waals surface area contributed by atoms with Gasteiger partial charge < -0.3 is 9.64 Å². The fourth-order valence-corrected chi connectivity index (χ4v) is 4.36. The fourth-order valence-electron chi connectivity index (χ4n) is 4.36. The summed E-state index contributed by atoms with van der Waals surface area (Å²) in [5.74, 6) is 0.814. The maximum atomic E-state index is 9.65. The van der Waals surface area contributed by atoms with Crippen LogP contribution in [0.15, 0.2) is 109 Å². The fraction of sp³-hybridized carbons (Fsp3) is 0.0303. The molecule has 0 saturated heterocycles. The van der Waals surface area contributed by atoms with Crippen molar-refractivity contribution >= 4 is 45.7 Å². The quantitative estimate of drug-likeness (QED) is 0.181. The van der Waals surface area contributed by atoms with Crippen molar-refractivity contribution in [3.8, 4) is 11.8 Å². The van der Waals surface area contributed by atoms with Gasteiger partial charge in [0.1, 0.15) is 5.75 Å². The van der Waals surface area contributed by atoms with Gasteiger partial charge in [-0.1, -0.05) is 66.7 Å². The number of anilines is 3. The summed E-state index contributed by atoms with van der Waals surface area (Å²) in [5.41, 5.74) is 6.16. The van der Waals surface area contributed by atoms with Crippen molar-refractivity contribution in [2.24, 2.45) is 0 Å². The van der Waals surface area contributed by atoms with Crippen molar-refractivity contribution in [1.29, 1.82) is 5.26 Å². The minimum atomic E-state index is 0.549. The number of methoxy groups -OCH3 is 1. The monoisotopic (exact) mass is 477 g/mol. The van der Waals surface area contributed by atoms with Gasteiger partial charge in [-0.15, -0.1) is 0 Å². The molecule has 5 aromatic carbocycles. The highest BCUT2D eigenvalue weighted by Crippen LogP contribution is 2.35. The second kappa shape index (κ2) is 10.5. The largest absolute Gasteiger partial charge is 0.497 e. The van der Waals surface area contributed by atoms with Crippen LogP contribution < -0.4 is 9.64 Å². The Bertz CT molecular complexity index is 1660. The summed E-state index contributed by atoms with van der Waals surface area (Å²) in [6, 6.07) is 38.2. The van der Waals surface area contributed by atoms with Crippen LogP contribution in [0.3, 0.4) is 0 Å². The third-order valence-corrected chi connectivity index (χ3v) is 6.20. The van der Waals surface area contributed by atoms with Crippen LogP contribution in [0.25, 0.3) is 27.8 Å². The SMILES string of the molecule is [C-]#[N+]c1cccc2c(C#N)cc(C=Cc3ccc(N(c4ccccc4)c4ccc(OC)cc4)cc3)cc12. The van der Waals surface area contributed by atoms with Gasteiger partial charge in [-0.25, -0.2) is 4.85 Å². The van der Waals surface area contributed by atoms with Gasteiger partial charge in [0.25, 0.3) is 0 Å². The average molecular weight is 478 g/mol. The summed E-state index contributed by atoms with van der Waals surface area (Å²) >= 11 is 0. The van der Waals surface area contributed by atoms with Gasteiger partial charge in [-0.05, 0) is 76.5 Å². The third-order valence-electron chi connectivity index (χ3n) is 6.20. The number of nitrogens with zero attached hydrogens (tertiary/aromatic N) is 3. The molecule has 0 unspecified atom stereocenters. The Hall–Kier alpha value is -5.32. The number of fused-ring (bicyclic) bond motifs is 1. The molecule has 0 radical (unpaired) electrons. The molecular weight excluding hydrogens is 454 g/mol. The molecule has 0 saturated carbocycles. The molecule has 0 heterocycles. The molecule has 0 aromatic heterocycles. The topological polar surface area (TPSA) is 40.6 Å². The first kappa shape index (κ1) is 23.4. The molecule has 0 amide bonds. The van der Waals surface area contributed by atoms with Gasteiger partial charge in [-0.3, -0.25) is 0 Å². The number of benzene rings is 5. The first-order valence-electron chi connectivity index (χ1n) is 11.8. The van der Waals surface area contributed by atoms with Gasteiger partial charge in [-0.2, -0.15) is 5.26 Å². The summed E-state index contributed by atoms with van der Waals surface area (Å²) in [7, 11) is 1.67. The number of ether oxygens (including phenoxy) is 1. The van der Waals surface area contributed by atoms with E-state index in [2.05, 4.69) is 52.2 Å². The maximum absolute atomic E-state index is 9.65. The van der Waals surface area contributed by atoms with E-state index >= 15 is 0 Å². The second-order valence-electron chi connectivity index (χ2n) is 8.46. The van der Waals surface area contributed by atoms with Gasteiger partial charge >= 0.3 is 0 Å². The van der Waals surface area contributed by atoms with Crippen molar-refractivity contribution in [2.45, 2.75) is 0 Å². The zero-order chi connectivity index (χ0) is 25.6. The number of para-hydroxylation sites is 1. The van der Waals surface area contributed by atoms with Crippen LogP contribution in [0.1, 0.15) is 16.7 Å². The van der Waals surface area contributed by atoms with E-state index in [9.17, 15) is 5.26 Å². The number of hydrogen-bond acceptors (Lipinski definition) is 3. The molecule has 4 nitrogen and oxygen atoms in total. The van der Waals surface area contributed by atoms with E-state index in [-0.39, 0.29) is 0 Å². The van der Waals surface area contributed by atoms with Crippen LogP contribution >= 0.6 is 0 Å². The second-order valence-corrected chi connectivity index (χ2v) is 8.46. The van der Waals surface area contributed by atoms with Gasteiger partial charge in [0.05, 0.1) is 25.3 Å². The van der Waals surface area contributed by atoms with E-state index in [0.717, 1.165) is 44.7 Å². The summed E-state index contributed by atoms with van der Waals surface area (Å²) in [5, 5.41) is 11.2. The van der Waals surface area contributed by atoms with Crippen LogP contribution in [-0.4, -0.2) is 7.11 Å². The lowest BCUT2D eigenvalue weighted by Crippen LogP contribution is -2.09. The molecule has 37 heavy (non-hydrogen) atoms. The van der Waals surface area contributed by atoms with Crippen LogP contribution in [0, 0.1) is 17.9 Å². The molecule has 0 aliphatic carbocycles. The van der Waals surface area contributed by atoms with Gasteiger partial charge in [0, 0.05) is 17.1 Å². The predicted octanol–water partition coefficient (Wildman–Crippen LogP) is 8.91. The van der Waals surface area contributed by atoms with E-state index in [4.69, 9.17) is 11.3 Å². The van der Waals surface area contributed by atoms with E-state index in [1.54, 1.807) is 13.2 Å². The lowest BCUT2D eigenvalue weighted by atomic mass is 9.99. The van der Waals surface area contributed by atoms with Gasteiger partial charge in [0.15, 0.2) is 5.69 Å². The molecule has 0 atom stereocenters. The molecule has 0 fully saturated rings. The molecule has 0 N–H and O–H groups in total. The van der Waals surface area contributed by atoms with Crippen molar-refractivity contribution in [3.63, 3.8) is 0 Å². The molecular formula is C33H23N3O. The van der Waals surface area contributed by atoms with E-state index in [1.807, 2.05) is 78.9 Å². The third kappa shape index (κ3) is 4.91. The minimum absolute atomic E-state index is 0.549. The molecule has 5 rings (SSSR count). The number of rotatable bonds is 6. The van der Waals surface area contributed by atoms with Crippen molar-refractivity contribution in [2.75, 3.05) is 12.0 Å². The van der Waals surface area contributed by atoms with E-state index in [1.165, 1.54) is 0 Å². The maximum Gasteiger partial charge on any atom is 0.194 e. The Morgan fingerprint density at radius 2 is 1.38 bits per heavy atom. The molecule has 4 heteroatoms. The van der Waals surface area contributed by atoms with E-state index < -0.39 is 0 Å². The molecule has 0 bridgehead atoms. The van der Waals surface area contributed by atoms with Gasteiger partial charge in [0.2, 0.25) is 0 Å². The average Bonchev–Trinajstić information content (AvgIpc) is 2.97. The highest BCUT2D eigenvalue weighted by molar-refractivity contribution is 5.99. The normalized spacial score (nSPS) is 10.7. The predicted molar refractivity (Wildman–Crippen MR) is 152 cm³/mol. The van der Waals surface area contributed by atoms with Crippen LogP contribution in [0.5, 0.6) is 5.75 Å². The molecule has 176 valence electrons. The lowest BCUT2D eigenvalue weighted by Gasteiger charge is -2.25. The zero-order valence-electron chi connectivity index (χ0n) is 20.3. The minimum Gasteiger partial charge on any atom is -0.497 e. The van der Waals surface area contributed by atoms with Crippen molar-refractivity contribution in [1.82, 2.24) is 0 Å². The van der Waals surface area contributed by atoms with Crippen LogP contribution in [0.4, 0.5) is 22.7 Å². The Morgan fingerprint density at radius 1 is 0.730 bits per heavy atom. The standard InChI is InChI=1S/C33H23N3O/c1-35-33-10-6-9-31-26(23-34)21-25(22-32(31)33)12-11-24-13-15-28(16-14-24)36(27-7-4-3-5-8-27)29-17-19-30(37-2)20-18-29/h3-22H,2H3. The summed E-state index contributed by atoms with van der Waals surface area (Å²) < 4.78 is 5.33. The molecule has 0 aliphatic heterocycles. The van der Waals surface area contributed by atoms with Crippen molar-refractivity contribution < 1.29 is 4.74 Å². The zero-order valence-corrected chi connectivity index (χ0v) is 20.3. The smallest absolute Gasteiger partial charge is 0.194 e. The summed E-state index contributed by atoms with van der Waals surface area (Å²) in [6.07, 6.45) is 4.00. The Morgan fingerprint density at radius 3 is 2.03 bits per heavy atom. The highest BCUT2D eigenvalue weighted by Gasteiger charge is 2.12. The number of nitriles is 1. The molecule has 5 aromatic rings. The first-order chi connectivity index (χ1) is 18.2. The Kier molecular flexibility index (Phi) is 6.66.